The molecule has 0 N–H and O–H groups in total. The number of thioether (sulfide) groups is 2. The summed E-state index contributed by atoms with van der Waals surface area (Å²) in [4.78, 5) is 18.0. The first kappa shape index (κ1) is 19.8. The van der Waals surface area contributed by atoms with Gasteiger partial charge in [0.15, 0.2) is 5.17 Å². The number of amides is 1. The van der Waals surface area contributed by atoms with E-state index in [2.05, 4.69) is 11.0 Å². The molecule has 2 heterocycles. The van der Waals surface area contributed by atoms with Crippen molar-refractivity contribution < 1.29 is 13.2 Å². The predicted molar refractivity (Wildman–Crippen MR) is 118 cm³/mol. The van der Waals surface area contributed by atoms with Gasteiger partial charge in [-0.3, -0.25) is 9.69 Å². The molecule has 0 spiro atoms. The molecule has 0 saturated carbocycles. The van der Waals surface area contributed by atoms with E-state index in [0.717, 1.165) is 27.4 Å². The van der Waals surface area contributed by atoms with Crippen LogP contribution in [0.5, 0.6) is 0 Å². The normalized spacial score (nSPS) is 20.4. The Kier molecular flexibility index (Phi) is 5.28. The number of carbonyl (C=O) groups is 1. The minimum absolute atomic E-state index is 0.0833. The molecule has 2 aliphatic heterocycles. The van der Waals surface area contributed by atoms with Crippen molar-refractivity contribution >= 4 is 50.3 Å². The second-order valence-corrected chi connectivity index (χ2v) is 9.84. The van der Waals surface area contributed by atoms with Crippen molar-refractivity contribution in [3.63, 3.8) is 0 Å². The maximum atomic E-state index is 13.1. The average Bonchev–Trinajstić information content (AvgIpc) is 3.20. The molecule has 29 heavy (non-hydrogen) atoms. The Morgan fingerprint density at radius 3 is 2.45 bits per heavy atom. The zero-order chi connectivity index (χ0) is 20.6. The fourth-order valence-electron chi connectivity index (χ4n) is 2.94. The van der Waals surface area contributed by atoms with Crippen molar-refractivity contribution in [1.29, 1.82) is 0 Å². The Hall–Kier alpha value is -2.49. The summed E-state index contributed by atoms with van der Waals surface area (Å²) in [6, 6.07) is 15.8. The van der Waals surface area contributed by atoms with Crippen molar-refractivity contribution in [2.45, 2.75) is 9.79 Å². The zero-order valence-electron chi connectivity index (χ0n) is 15.5. The fourth-order valence-corrected chi connectivity index (χ4v) is 6.50. The Labute approximate surface area is 178 Å². The third-order valence-electron chi connectivity index (χ3n) is 4.35. The topological polar surface area (TPSA) is 70.1 Å². The standard InChI is InChI=1S/C20H17N3O3S3/c1-3-13-23-18(24)17(19-22(2)15-11-7-8-12-16(15)27-19)28-20(23)21-29(25,26)14-9-5-4-6-10-14/h3-12H,1,13H2,2H3/b19-17+,21-20+. The number of fused-ring (bicyclic) bond motifs is 1. The molecule has 1 fully saturated rings. The van der Waals surface area contributed by atoms with Crippen molar-refractivity contribution in [1.82, 2.24) is 4.90 Å². The van der Waals surface area contributed by atoms with Gasteiger partial charge in [0, 0.05) is 18.5 Å². The van der Waals surface area contributed by atoms with Gasteiger partial charge in [0.25, 0.3) is 15.9 Å². The van der Waals surface area contributed by atoms with Gasteiger partial charge in [-0.15, -0.1) is 11.0 Å². The van der Waals surface area contributed by atoms with Crippen LogP contribution in [0.25, 0.3) is 0 Å². The molecule has 0 atom stereocenters. The molecule has 6 nitrogen and oxygen atoms in total. The van der Waals surface area contributed by atoms with E-state index in [1.54, 1.807) is 24.3 Å². The molecule has 9 heteroatoms. The van der Waals surface area contributed by atoms with Crippen LogP contribution in [0.1, 0.15) is 0 Å². The monoisotopic (exact) mass is 443 g/mol. The highest BCUT2D eigenvalue weighted by molar-refractivity contribution is 8.19. The SMILES string of the molecule is C=CCN1C(=O)/C(=C2\Sc3ccccc3N2C)S/C1=N/S(=O)(=O)c1ccccc1. The highest BCUT2D eigenvalue weighted by atomic mass is 32.2. The first-order valence-electron chi connectivity index (χ1n) is 8.68. The summed E-state index contributed by atoms with van der Waals surface area (Å²) in [5.74, 6) is -0.279. The van der Waals surface area contributed by atoms with Crippen LogP contribution >= 0.6 is 23.5 Å². The summed E-state index contributed by atoms with van der Waals surface area (Å²) in [7, 11) is -2.04. The van der Waals surface area contributed by atoms with Gasteiger partial charge in [-0.05, 0) is 36.0 Å². The van der Waals surface area contributed by atoms with Crippen LogP contribution in [0.2, 0.25) is 0 Å². The van der Waals surface area contributed by atoms with E-state index >= 15 is 0 Å². The molecule has 148 valence electrons. The van der Waals surface area contributed by atoms with E-state index in [1.165, 1.54) is 28.8 Å². The van der Waals surface area contributed by atoms with E-state index in [4.69, 9.17) is 0 Å². The Morgan fingerprint density at radius 2 is 1.76 bits per heavy atom. The number of anilines is 1. The molecule has 2 aliphatic rings. The lowest BCUT2D eigenvalue weighted by molar-refractivity contribution is -0.121. The minimum atomic E-state index is -3.94. The van der Waals surface area contributed by atoms with Gasteiger partial charge in [0.2, 0.25) is 0 Å². The van der Waals surface area contributed by atoms with Crippen molar-refractivity contribution in [3.8, 4) is 0 Å². The first-order chi connectivity index (χ1) is 13.9. The molecular weight excluding hydrogens is 426 g/mol. The summed E-state index contributed by atoms with van der Waals surface area (Å²) < 4.78 is 29.4. The van der Waals surface area contributed by atoms with E-state index in [0.29, 0.717) is 4.91 Å². The Morgan fingerprint density at radius 1 is 1.07 bits per heavy atom. The van der Waals surface area contributed by atoms with Gasteiger partial charge in [-0.25, -0.2) is 0 Å². The quantitative estimate of drug-likeness (QED) is 0.527. The number of benzene rings is 2. The molecule has 0 bridgehead atoms. The van der Waals surface area contributed by atoms with E-state index in [9.17, 15) is 13.2 Å². The number of hydrogen-bond acceptors (Lipinski definition) is 6. The van der Waals surface area contributed by atoms with Crippen LogP contribution in [0, 0.1) is 0 Å². The molecule has 1 amide bonds. The van der Waals surface area contributed by atoms with Crippen LogP contribution in [-0.2, 0) is 14.8 Å². The molecule has 2 aromatic carbocycles. The van der Waals surface area contributed by atoms with Crippen LogP contribution < -0.4 is 4.90 Å². The molecule has 0 radical (unpaired) electrons. The van der Waals surface area contributed by atoms with Crippen molar-refractivity contribution in [2.75, 3.05) is 18.5 Å². The lowest BCUT2D eigenvalue weighted by Crippen LogP contribution is -2.30. The lowest BCUT2D eigenvalue weighted by Gasteiger charge is -2.15. The summed E-state index contributed by atoms with van der Waals surface area (Å²) in [5, 5.41) is 0.892. The molecule has 0 aromatic heterocycles. The van der Waals surface area contributed by atoms with Crippen LogP contribution in [0.4, 0.5) is 5.69 Å². The van der Waals surface area contributed by atoms with Gasteiger partial charge in [0.05, 0.1) is 15.6 Å². The highest BCUT2D eigenvalue weighted by Crippen LogP contribution is 2.49. The summed E-state index contributed by atoms with van der Waals surface area (Å²) >= 11 is 2.57. The van der Waals surface area contributed by atoms with Gasteiger partial charge in [-0.1, -0.05) is 48.2 Å². The first-order valence-corrected chi connectivity index (χ1v) is 11.7. The lowest BCUT2D eigenvalue weighted by atomic mass is 10.3. The molecule has 0 unspecified atom stereocenters. The molecular formula is C20H17N3O3S3. The van der Waals surface area contributed by atoms with E-state index in [1.807, 2.05) is 36.2 Å². The van der Waals surface area contributed by atoms with Gasteiger partial charge in [0.1, 0.15) is 4.91 Å². The van der Waals surface area contributed by atoms with E-state index in [-0.39, 0.29) is 22.5 Å². The Bertz CT molecular complexity index is 1160. The van der Waals surface area contributed by atoms with Gasteiger partial charge < -0.3 is 4.90 Å². The maximum absolute atomic E-state index is 13.1. The van der Waals surface area contributed by atoms with E-state index < -0.39 is 10.0 Å². The number of para-hydroxylation sites is 1. The predicted octanol–water partition coefficient (Wildman–Crippen LogP) is 3.90. The summed E-state index contributed by atoms with van der Waals surface area (Å²) in [5.41, 5.74) is 1.01. The molecule has 4 rings (SSSR count). The number of nitrogens with zero attached hydrogens (tertiary/aromatic N) is 3. The second-order valence-electron chi connectivity index (χ2n) is 6.23. The second kappa shape index (κ2) is 7.74. The zero-order valence-corrected chi connectivity index (χ0v) is 17.9. The molecule has 1 saturated heterocycles. The number of carbonyl (C=O) groups excluding carboxylic acids is 1. The number of hydrogen-bond donors (Lipinski definition) is 0. The Balaban J connectivity index is 1.76. The van der Waals surface area contributed by atoms with Gasteiger partial charge >= 0.3 is 0 Å². The summed E-state index contributed by atoms with van der Waals surface area (Å²) in [6.07, 6.45) is 1.55. The largest absolute Gasteiger partial charge is 0.337 e. The maximum Gasteiger partial charge on any atom is 0.284 e. The fraction of sp³-hybridized carbons (Fsp3) is 0.100. The summed E-state index contributed by atoms with van der Waals surface area (Å²) in [6.45, 7) is 3.85. The third-order valence-corrected chi connectivity index (χ3v) is 8.18. The minimum Gasteiger partial charge on any atom is -0.337 e. The molecule has 0 aliphatic carbocycles. The van der Waals surface area contributed by atoms with Crippen LogP contribution in [0.15, 0.2) is 91.4 Å². The van der Waals surface area contributed by atoms with Crippen molar-refractivity contribution in [2.24, 2.45) is 4.40 Å². The number of sulfonamides is 1. The van der Waals surface area contributed by atoms with Crippen LogP contribution in [0.3, 0.4) is 0 Å². The van der Waals surface area contributed by atoms with Gasteiger partial charge in [-0.2, -0.15) is 8.42 Å². The number of rotatable bonds is 4. The smallest absolute Gasteiger partial charge is 0.284 e. The molecule has 2 aromatic rings. The highest BCUT2D eigenvalue weighted by Gasteiger charge is 2.39. The van der Waals surface area contributed by atoms with Crippen LogP contribution in [-0.4, -0.2) is 38.0 Å². The van der Waals surface area contributed by atoms with Crippen molar-refractivity contribution in [3.05, 3.63) is 77.2 Å². The number of amidine groups is 1. The average molecular weight is 444 g/mol. The third kappa shape index (κ3) is 3.61.